The third kappa shape index (κ3) is 2.20. The van der Waals surface area contributed by atoms with Gasteiger partial charge in [-0.25, -0.2) is 0 Å². The molecular weight excluding hydrogens is 250 g/mol. The Labute approximate surface area is 117 Å². The van der Waals surface area contributed by atoms with Crippen molar-refractivity contribution in [3.63, 3.8) is 0 Å². The van der Waals surface area contributed by atoms with Crippen LogP contribution in [-0.2, 0) is 6.54 Å². The van der Waals surface area contributed by atoms with E-state index in [2.05, 4.69) is 15.6 Å². The predicted molar refractivity (Wildman–Crippen MR) is 81.0 cm³/mol. The van der Waals surface area contributed by atoms with Crippen LogP contribution in [0.1, 0.15) is 11.4 Å². The first-order chi connectivity index (χ1) is 9.67. The van der Waals surface area contributed by atoms with Gasteiger partial charge in [-0.15, -0.1) is 0 Å². The van der Waals surface area contributed by atoms with Crippen LogP contribution in [0.5, 0.6) is 5.75 Å². The summed E-state index contributed by atoms with van der Waals surface area (Å²) in [5, 5.41) is 1.08. The lowest BCUT2D eigenvalue weighted by atomic mass is 10.2. The molecule has 3 aromatic rings. The topological polar surface area (TPSA) is 53.1 Å². The van der Waals surface area contributed by atoms with E-state index in [9.17, 15) is 0 Å². The fraction of sp³-hybridized carbons (Fsp3) is 0.188. The molecule has 0 atom stereocenters. The zero-order valence-electron chi connectivity index (χ0n) is 11.6. The molecule has 3 rings (SSSR count). The van der Waals surface area contributed by atoms with Gasteiger partial charge in [-0.2, -0.15) is 0 Å². The maximum Gasteiger partial charge on any atom is 0.122 e. The molecule has 4 nitrogen and oxygen atoms in total. The number of pyridine rings is 1. The minimum Gasteiger partial charge on any atom is -0.497 e. The van der Waals surface area contributed by atoms with Crippen LogP contribution < -0.4 is 10.5 Å². The maximum atomic E-state index is 5.98. The first kappa shape index (κ1) is 12.5. The van der Waals surface area contributed by atoms with E-state index < -0.39 is 0 Å². The molecule has 0 aliphatic carbocycles. The highest BCUT2D eigenvalue weighted by Gasteiger charge is 2.06. The van der Waals surface area contributed by atoms with Crippen molar-refractivity contribution in [3.05, 3.63) is 54.0 Å². The van der Waals surface area contributed by atoms with E-state index in [4.69, 9.17) is 10.5 Å². The molecule has 0 amide bonds. The second-order valence-electron chi connectivity index (χ2n) is 4.86. The number of anilines is 1. The molecule has 2 N–H and O–H groups in total. The molecule has 0 fully saturated rings. The third-order valence-corrected chi connectivity index (χ3v) is 3.40. The number of aryl methyl sites for hydroxylation is 1. The average molecular weight is 267 g/mol. The Morgan fingerprint density at radius 2 is 2.10 bits per heavy atom. The average Bonchev–Trinajstić information content (AvgIpc) is 2.83. The molecule has 0 aliphatic heterocycles. The molecule has 0 saturated heterocycles. The summed E-state index contributed by atoms with van der Waals surface area (Å²) in [6.45, 7) is 2.67. The molecule has 1 aromatic carbocycles. The van der Waals surface area contributed by atoms with Crippen LogP contribution in [0.3, 0.4) is 0 Å². The fourth-order valence-corrected chi connectivity index (χ4v) is 2.46. The molecule has 0 bridgehead atoms. The maximum absolute atomic E-state index is 5.98. The van der Waals surface area contributed by atoms with Gasteiger partial charge >= 0.3 is 0 Å². The largest absolute Gasteiger partial charge is 0.497 e. The number of nitrogens with zero attached hydrogens (tertiary/aromatic N) is 2. The van der Waals surface area contributed by atoms with Crippen LogP contribution in [0, 0.1) is 6.92 Å². The van der Waals surface area contributed by atoms with Gasteiger partial charge in [-0.3, -0.25) is 4.98 Å². The zero-order valence-corrected chi connectivity index (χ0v) is 11.6. The normalized spacial score (nSPS) is 10.9. The summed E-state index contributed by atoms with van der Waals surface area (Å²) in [4.78, 5) is 4.55. The van der Waals surface area contributed by atoms with E-state index >= 15 is 0 Å². The van der Waals surface area contributed by atoms with Crippen molar-refractivity contribution < 1.29 is 4.74 Å². The van der Waals surface area contributed by atoms with E-state index in [1.54, 1.807) is 7.11 Å². The number of ether oxygens (including phenoxy) is 1. The van der Waals surface area contributed by atoms with Crippen LogP contribution in [0.2, 0.25) is 0 Å². The Morgan fingerprint density at radius 3 is 2.90 bits per heavy atom. The summed E-state index contributed by atoms with van der Waals surface area (Å²) in [6, 6.07) is 11.9. The number of fused-ring (bicyclic) bond motifs is 1. The Morgan fingerprint density at radius 1 is 1.25 bits per heavy atom. The number of nitrogen functional groups attached to an aromatic ring is 1. The summed E-state index contributed by atoms with van der Waals surface area (Å²) in [7, 11) is 1.67. The van der Waals surface area contributed by atoms with E-state index in [0.717, 1.165) is 33.7 Å². The van der Waals surface area contributed by atoms with Gasteiger partial charge in [0, 0.05) is 35.1 Å². The SMILES string of the molecule is COc1cc(C)nc(Cn2ccc3c(N)cccc32)c1. The van der Waals surface area contributed by atoms with E-state index in [0.29, 0.717) is 6.54 Å². The van der Waals surface area contributed by atoms with Crippen molar-refractivity contribution in [1.82, 2.24) is 9.55 Å². The monoisotopic (exact) mass is 267 g/mol. The molecule has 20 heavy (non-hydrogen) atoms. The van der Waals surface area contributed by atoms with Gasteiger partial charge < -0.3 is 15.0 Å². The van der Waals surface area contributed by atoms with Crippen molar-refractivity contribution in [3.8, 4) is 5.75 Å². The van der Waals surface area contributed by atoms with Crippen molar-refractivity contribution in [2.75, 3.05) is 12.8 Å². The molecule has 0 radical (unpaired) electrons. The highest BCUT2D eigenvalue weighted by molar-refractivity contribution is 5.91. The second kappa shape index (κ2) is 4.89. The Hall–Kier alpha value is -2.49. The molecule has 0 unspecified atom stereocenters. The molecule has 4 heteroatoms. The van der Waals surface area contributed by atoms with Crippen molar-refractivity contribution in [1.29, 1.82) is 0 Å². The highest BCUT2D eigenvalue weighted by atomic mass is 16.5. The van der Waals surface area contributed by atoms with Gasteiger partial charge in [0.05, 0.1) is 24.9 Å². The van der Waals surface area contributed by atoms with Crippen molar-refractivity contribution in [2.45, 2.75) is 13.5 Å². The fourth-order valence-electron chi connectivity index (χ4n) is 2.46. The molecule has 0 spiro atoms. The smallest absolute Gasteiger partial charge is 0.122 e. The van der Waals surface area contributed by atoms with E-state index in [1.165, 1.54) is 0 Å². The summed E-state index contributed by atoms with van der Waals surface area (Å²) in [6.07, 6.45) is 2.04. The quantitative estimate of drug-likeness (QED) is 0.742. The second-order valence-corrected chi connectivity index (χ2v) is 4.86. The standard InChI is InChI=1S/C16H17N3O/c1-11-8-13(20-2)9-12(18-11)10-19-7-6-14-15(17)4-3-5-16(14)19/h3-9H,10,17H2,1-2H3. The number of nitrogens with two attached hydrogens (primary N) is 1. The Kier molecular flexibility index (Phi) is 3.06. The molecule has 0 saturated carbocycles. The molecule has 102 valence electrons. The summed E-state index contributed by atoms with van der Waals surface area (Å²) in [5.41, 5.74) is 9.83. The number of hydrogen-bond donors (Lipinski definition) is 1. The highest BCUT2D eigenvalue weighted by Crippen LogP contribution is 2.23. The zero-order chi connectivity index (χ0) is 14.1. The van der Waals surface area contributed by atoms with Crippen LogP contribution in [0.25, 0.3) is 10.9 Å². The number of aromatic nitrogens is 2. The molecule has 0 aliphatic rings. The lowest BCUT2D eigenvalue weighted by molar-refractivity contribution is 0.413. The van der Waals surface area contributed by atoms with Gasteiger partial charge in [0.15, 0.2) is 0 Å². The van der Waals surface area contributed by atoms with Crippen LogP contribution in [-0.4, -0.2) is 16.7 Å². The van der Waals surface area contributed by atoms with Crippen molar-refractivity contribution in [2.24, 2.45) is 0 Å². The Balaban J connectivity index is 2.01. The lowest BCUT2D eigenvalue weighted by Crippen LogP contribution is -2.02. The molecular formula is C16H17N3O. The number of methoxy groups -OCH3 is 1. The number of rotatable bonds is 3. The van der Waals surface area contributed by atoms with Crippen LogP contribution in [0.4, 0.5) is 5.69 Å². The number of hydrogen-bond acceptors (Lipinski definition) is 3. The third-order valence-electron chi connectivity index (χ3n) is 3.40. The minimum absolute atomic E-state index is 0.699. The minimum atomic E-state index is 0.699. The summed E-state index contributed by atoms with van der Waals surface area (Å²) < 4.78 is 7.44. The van der Waals surface area contributed by atoms with E-state index in [1.807, 2.05) is 43.5 Å². The number of benzene rings is 1. The Bertz CT molecular complexity index is 762. The van der Waals surface area contributed by atoms with Gasteiger partial charge in [0.1, 0.15) is 5.75 Å². The van der Waals surface area contributed by atoms with Crippen LogP contribution in [0.15, 0.2) is 42.6 Å². The van der Waals surface area contributed by atoms with Gasteiger partial charge in [-0.05, 0) is 25.1 Å². The first-order valence-electron chi connectivity index (χ1n) is 6.52. The lowest BCUT2D eigenvalue weighted by Gasteiger charge is -2.08. The van der Waals surface area contributed by atoms with Gasteiger partial charge in [0.25, 0.3) is 0 Å². The summed E-state index contributed by atoms with van der Waals surface area (Å²) in [5.74, 6) is 0.837. The van der Waals surface area contributed by atoms with Crippen LogP contribution >= 0.6 is 0 Å². The first-order valence-corrected chi connectivity index (χ1v) is 6.52. The van der Waals surface area contributed by atoms with Gasteiger partial charge in [-0.1, -0.05) is 6.07 Å². The molecule has 2 aromatic heterocycles. The summed E-state index contributed by atoms with van der Waals surface area (Å²) >= 11 is 0. The predicted octanol–water partition coefficient (Wildman–Crippen LogP) is 2.98. The van der Waals surface area contributed by atoms with Crippen molar-refractivity contribution >= 4 is 16.6 Å². The van der Waals surface area contributed by atoms with E-state index in [-0.39, 0.29) is 0 Å². The molecule has 2 heterocycles. The van der Waals surface area contributed by atoms with Gasteiger partial charge in [0.2, 0.25) is 0 Å².